The first-order valence-corrected chi connectivity index (χ1v) is 10.4. The number of aromatic nitrogens is 2. The molecule has 1 aliphatic heterocycles. The quantitative estimate of drug-likeness (QED) is 0.675. The lowest BCUT2D eigenvalue weighted by molar-refractivity contribution is 0.0205. The molecule has 3 rings (SSSR count). The summed E-state index contributed by atoms with van der Waals surface area (Å²) in [5.41, 5.74) is 1.91. The summed E-state index contributed by atoms with van der Waals surface area (Å²) in [7, 11) is 0. The standard InChI is InChI=1S/C18H26BrN3O2S/c1-10(2)12-13-16(21-14(12)19)25-15(20-13)11-6-8-22(9-7-11)17(23)24-18(3,4)5/h10-11,21H,6-9H2,1-5H3. The smallest absolute Gasteiger partial charge is 0.410 e. The highest BCUT2D eigenvalue weighted by Crippen LogP contribution is 2.39. The van der Waals surface area contributed by atoms with E-state index < -0.39 is 5.60 Å². The zero-order chi connectivity index (χ0) is 18.4. The van der Waals surface area contributed by atoms with E-state index in [9.17, 15) is 4.79 Å². The Hall–Kier alpha value is -1.08. The molecule has 0 bridgehead atoms. The second-order valence-electron chi connectivity index (χ2n) is 7.98. The highest BCUT2D eigenvalue weighted by atomic mass is 79.9. The van der Waals surface area contributed by atoms with Crippen LogP contribution in [0.25, 0.3) is 10.3 Å². The maximum atomic E-state index is 12.2. The summed E-state index contributed by atoms with van der Waals surface area (Å²) in [6.07, 6.45) is 1.67. The Morgan fingerprint density at radius 1 is 1.36 bits per heavy atom. The van der Waals surface area contributed by atoms with Crippen LogP contribution in [-0.2, 0) is 4.74 Å². The van der Waals surface area contributed by atoms with E-state index in [4.69, 9.17) is 9.72 Å². The van der Waals surface area contributed by atoms with Gasteiger partial charge in [-0.05, 0) is 55.5 Å². The predicted octanol–water partition coefficient (Wildman–Crippen LogP) is 5.62. The zero-order valence-corrected chi connectivity index (χ0v) is 17.9. The van der Waals surface area contributed by atoms with Gasteiger partial charge in [0.1, 0.15) is 15.9 Å². The van der Waals surface area contributed by atoms with E-state index in [0.717, 1.165) is 40.9 Å². The number of ether oxygens (including phenoxy) is 1. The number of likely N-dealkylation sites (tertiary alicyclic amines) is 1. The van der Waals surface area contributed by atoms with Crippen LogP contribution in [0.5, 0.6) is 0 Å². The fourth-order valence-electron chi connectivity index (χ4n) is 3.21. The van der Waals surface area contributed by atoms with Crippen LogP contribution < -0.4 is 0 Å². The van der Waals surface area contributed by atoms with Gasteiger partial charge in [0.25, 0.3) is 0 Å². The van der Waals surface area contributed by atoms with Gasteiger partial charge in [-0.15, -0.1) is 11.3 Å². The molecule has 2 aromatic heterocycles. The number of carbonyl (C=O) groups is 1. The van der Waals surface area contributed by atoms with Crippen LogP contribution >= 0.6 is 27.3 Å². The van der Waals surface area contributed by atoms with Crippen molar-refractivity contribution in [3.63, 3.8) is 0 Å². The van der Waals surface area contributed by atoms with E-state index in [0.29, 0.717) is 11.8 Å². The molecule has 0 aromatic carbocycles. The first kappa shape index (κ1) is 18.7. The molecule has 0 spiro atoms. The number of aromatic amines is 1. The number of nitrogens with one attached hydrogen (secondary N) is 1. The number of rotatable bonds is 2. The molecule has 138 valence electrons. The second-order valence-corrected chi connectivity index (χ2v) is 9.80. The number of carbonyl (C=O) groups excluding carboxylic acids is 1. The molecule has 1 aliphatic rings. The van der Waals surface area contributed by atoms with Crippen molar-refractivity contribution in [2.24, 2.45) is 0 Å². The number of hydrogen-bond acceptors (Lipinski definition) is 4. The van der Waals surface area contributed by atoms with Crippen LogP contribution in [0.2, 0.25) is 0 Å². The molecule has 7 heteroatoms. The van der Waals surface area contributed by atoms with E-state index in [-0.39, 0.29) is 6.09 Å². The number of hydrogen-bond donors (Lipinski definition) is 1. The van der Waals surface area contributed by atoms with Gasteiger partial charge in [-0.1, -0.05) is 13.8 Å². The Morgan fingerprint density at radius 3 is 2.56 bits per heavy atom. The van der Waals surface area contributed by atoms with Crippen LogP contribution in [-0.4, -0.2) is 39.7 Å². The SMILES string of the molecule is CC(C)c1c(Br)[nH]c2sc(C3CCN(C(=O)OC(C)(C)C)CC3)nc12. The van der Waals surface area contributed by atoms with Crippen molar-refractivity contribution in [2.45, 2.75) is 64.9 Å². The van der Waals surface area contributed by atoms with Crippen molar-refractivity contribution in [1.29, 1.82) is 0 Å². The molecule has 1 N–H and O–H groups in total. The molecule has 0 radical (unpaired) electrons. The van der Waals surface area contributed by atoms with E-state index >= 15 is 0 Å². The average Bonchev–Trinajstić information content (AvgIpc) is 3.01. The van der Waals surface area contributed by atoms with Crippen molar-refractivity contribution in [3.8, 4) is 0 Å². The van der Waals surface area contributed by atoms with Crippen molar-refractivity contribution in [3.05, 3.63) is 15.2 Å². The molecule has 25 heavy (non-hydrogen) atoms. The van der Waals surface area contributed by atoms with Crippen molar-refractivity contribution in [2.75, 3.05) is 13.1 Å². The number of H-pyrrole nitrogens is 1. The lowest BCUT2D eigenvalue weighted by Crippen LogP contribution is -2.41. The van der Waals surface area contributed by atoms with Crippen molar-refractivity contribution in [1.82, 2.24) is 14.9 Å². The monoisotopic (exact) mass is 427 g/mol. The maximum Gasteiger partial charge on any atom is 0.410 e. The second kappa shape index (κ2) is 6.91. The molecule has 0 saturated carbocycles. The Bertz CT molecular complexity index is 767. The first-order chi connectivity index (χ1) is 11.7. The van der Waals surface area contributed by atoms with Gasteiger partial charge in [0.2, 0.25) is 0 Å². The molecule has 0 atom stereocenters. The molecule has 2 aromatic rings. The summed E-state index contributed by atoms with van der Waals surface area (Å²) in [5, 5.41) is 1.18. The van der Waals surface area contributed by atoms with Gasteiger partial charge in [0.05, 0.1) is 9.61 Å². The fourth-order valence-corrected chi connectivity index (χ4v) is 5.34. The van der Waals surface area contributed by atoms with Gasteiger partial charge in [-0.2, -0.15) is 0 Å². The minimum Gasteiger partial charge on any atom is -0.444 e. The van der Waals surface area contributed by atoms with Crippen LogP contribution in [0.4, 0.5) is 4.79 Å². The minimum atomic E-state index is -0.442. The molecule has 0 aliphatic carbocycles. The predicted molar refractivity (Wildman–Crippen MR) is 106 cm³/mol. The Kier molecular flexibility index (Phi) is 5.17. The fraction of sp³-hybridized carbons (Fsp3) is 0.667. The van der Waals surface area contributed by atoms with Crippen LogP contribution in [0, 0.1) is 0 Å². The lowest BCUT2D eigenvalue weighted by Gasteiger charge is -2.32. The van der Waals surface area contributed by atoms with Crippen LogP contribution in [0.1, 0.15) is 69.9 Å². The summed E-state index contributed by atoms with van der Waals surface area (Å²) < 4.78 is 6.52. The normalized spacial score (nSPS) is 16.8. The zero-order valence-electron chi connectivity index (χ0n) is 15.5. The number of amides is 1. The van der Waals surface area contributed by atoms with Gasteiger partial charge < -0.3 is 14.6 Å². The largest absolute Gasteiger partial charge is 0.444 e. The minimum absolute atomic E-state index is 0.205. The number of nitrogens with zero attached hydrogens (tertiary/aromatic N) is 2. The Labute approximate surface area is 161 Å². The molecule has 1 saturated heterocycles. The van der Waals surface area contributed by atoms with Gasteiger partial charge >= 0.3 is 6.09 Å². The summed E-state index contributed by atoms with van der Waals surface area (Å²) in [4.78, 5) is 23.5. The number of piperidine rings is 1. The molecule has 1 amide bonds. The van der Waals surface area contributed by atoms with Gasteiger partial charge in [-0.3, -0.25) is 0 Å². The summed E-state index contributed by atoms with van der Waals surface area (Å²) in [6, 6.07) is 0. The van der Waals surface area contributed by atoms with Gasteiger partial charge in [0.15, 0.2) is 0 Å². The van der Waals surface area contributed by atoms with Gasteiger partial charge in [-0.25, -0.2) is 9.78 Å². The molecular weight excluding hydrogens is 402 g/mol. The average molecular weight is 428 g/mol. The first-order valence-electron chi connectivity index (χ1n) is 8.81. The molecule has 1 fully saturated rings. The highest BCUT2D eigenvalue weighted by molar-refractivity contribution is 9.10. The van der Waals surface area contributed by atoms with Crippen molar-refractivity contribution >= 4 is 43.7 Å². The number of halogens is 1. The number of fused-ring (bicyclic) bond motifs is 1. The summed E-state index contributed by atoms with van der Waals surface area (Å²) in [5.74, 6) is 0.843. The Balaban J connectivity index is 1.69. The highest BCUT2D eigenvalue weighted by Gasteiger charge is 2.29. The molecule has 5 nitrogen and oxygen atoms in total. The van der Waals surface area contributed by atoms with E-state index in [2.05, 4.69) is 34.8 Å². The van der Waals surface area contributed by atoms with Crippen LogP contribution in [0.15, 0.2) is 4.60 Å². The van der Waals surface area contributed by atoms with E-state index in [1.165, 1.54) is 10.6 Å². The topological polar surface area (TPSA) is 58.2 Å². The Morgan fingerprint density at radius 2 is 2.00 bits per heavy atom. The molecule has 3 heterocycles. The van der Waals surface area contributed by atoms with E-state index in [1.54, 1.807) is 11.3 Å². The number of thiazole rings is 1. The third-order valence-electron chi connectivity index (χ3n) is 4.43. The lowest BCUT2D eigenvalue weighted by atomic mass is 9.98. The van der Waals surface area contributed by atoms with Crippen molar-refractivity contribution < 1.29 is 9.53 Å². The van der Waals surface area contributed by atoms with Gasteiger partial charge in [0, 0.05) is 24.6 Å². The maximum absolute atomic E-state index is 12.2. The third kappa shape index (κ3) is 4.03. The third-order valence-corrected chi connectivity index (χ3v) is 6.19. The summed E-state index contributed by atoms with van der Waals surface area (Å²) in [6.45, 7) is 11.5. The summed E-state index contributed by atoms with van der Waals surface area (Å²) >= 11 is 5.36. The van der Waals surface area contributed by atoms with Crippen LogP contribution in [0.3, 0.4) is 0 Å². The molecule has 0 unspecified atom stereocenters. The van der Waals surface area contributed by atoms with E-state index in [1.807, 2.05) is 25.7 Å². The molecular formula is C18H26BrN3O2S.